The maximum Gasteiger partial charge on any atom is 0.268 e. The van der Waals surface area contributed by atoms with Crippen LogP contribution in [0.4, 0.5) is 4.39 Å². The number of fused-ring (bicyclic) bond motifs is 1. The van der Waals surface area contributed by atoms with Crippen molar-refractivity contribution in [1.82, 2.24) is 9.71 Å². The van der Waals surface area contributed by atoms with E-state index in [-0.39, 0.29) is 16.2 Å². The lowest BCUT2D eigenvalue weighted by atomic mass is 10.0. The zero-order valence-corrected chi connectivity index (χ0v) is 17.4. The Balaban J connectivity index is 1.62. The number of hydrogen-bond acceptors (Lipinski definition) is 4. The first-order valence-corrected chi connectivity index (χ1v) is 10.9. The molecule has 0 bridgehead atoms. The van der Waals surface area contributed by atoms with E-state index >= 15 is 0 Å². The zero-order valence-electron chi connectivity index (χ0n) is 16.6. The normalized spacial score (nSPS) is 11.4. The van der Waals surface area contributed by atoms with E-state index in [1.54, 1.807) is 12.1 Å². The summed E-state index contributed by atoms with van der Waals surface area (Å²) in [4.78, 5) is 15.8. The van der Waals surface area contributed by atoms with Gasteiger partial charge in [0.25, 0.3) is 15.9 Å². The number of aromatic amines is 1. The topological polar surface area (TPSA) is 88.3 Å². The fourth-order valence-electron chi connectivity index (χ4n) is 3.39. The molecule has 6 nitrogen and oxygen atoms in total. The zero-order chi connectivity index (χ0) is 22.0. The van der Waals surface area contributed by atoms with Crippen LogP contribution in [-0.4, -0.2) is 26.4 Å². The van der Waals surface area contributed by atoms with Crippen LogP contribution in [0.2, 0.25) is 0 Å². The summed E-state index contributed by atoms with van der Waals surface area (Å²) < 4.78 is 45.4. The highest BCUT2D eigenvalue weighted by Gasteiger charge is 2.22. The minimum absolute atomic E-state index is 0.0885. The van der Waals surface area contributed by atoms with E-state index in [0.29, 0.717) is 6.42 Å². The first-order chi connectivity index (χ1) is 14.9. The summed E-state index contributed by atoms with van der Waals surface area (Å²) in [5.74, 6) is -1.16. The molecule has 4 rings (SSSR count). The highest BCUT2D eigenvalue weighted by molar-refractivity contribution is 7.90. The number of benzene rings is 3. The van der Waals surface area contributed by atoms with Crippen LogP contribution in [-0.2, 0) is 16.4 Å². The summed E-state index contributed by atoms with van der Waals surface area (Å²) in [6.07, 6.45) is 2.45. The van der Waals surface area contributed by atoms with Crippen LogP contribution in [0.3, 0.4) is 0 Å². The molecule has 1 heterocycles. The Labute approximate surface area is 178 Å². The SMILES string of the molecule is COc1ccc(Cc2c[nH]c3ccccc23)cc1C(=O)NS(=O)(=O)c1ccc(F)cc1. The second-order valence-corrected chi connectivity index (χ2v) is 8.64. The van der Waals surface area contributed by atoms with Gasteiger partial charge in [0.1, 0.15) is 11.6 Å². The van der Waals surface area contributed by atoms with Crippen LogP contribution < -0.4 is 9.46 Å². The smallest absolute Gasteiger partial charge is 0.268 e. The number of carbonyl (C=O) groups is 1. The van der Waals surface area contributed by atoms with Gasteiger partial charge in [-0.2, -0.15) is 0 Å². The molecule has 0 spiro atoms. The predicted octanol–water partition coefficient (Wildman–Crippen LogP) is 4.03. The lowest BCUT2D eigenvalue weighted by Crippen LogP contribution is -2.31. The maximum atomic E-state index is 13.1. The molecule has 1 aromatic heterocycles. The first kappa shape index (κ1) is 20.6. The molecule has 0 fully saturated rings. The number of ether oxygens (including phenoxy) is 1. The van der Waals surface area contributed by atoms with E-state index in [4.69, 9.17) is 4.74 Å². The average molecular weight is 438 g/mol. The van der Waals surface area contributed by atoms with Crippen molar-refractivity contribution in [3.8, 4) is 5.75 Å². The molecule has 8 heteroatoms. The van der Waals surface area contributed by atoms with Crippen LogP contribution in [0.25, 0.3) is 10.9 Å². The third-order valence-corrected chi connectivity index (χ3v) is 6.28. The van der Waals surface area contributed by atoms with Gasteiger partial charge in [0.2, 0.25) is 0 Å². The van der Waals surface area contributed by atoms with Gasteiger partial charge in [-0.1, -0.05) is 24.3 Å². The second-order valence-electron chi connectivity index (χ2n) is 6.96. The minimum Gasteiger partial charge on any atom is -0.496 e. The fraction of sp³-hybridized carbons (Fsp3) is 0.0870. The number of nitrogens with one attached hydrogen (secondary N) is 2. The number of para-hydroxylation sites is 1. The number of amides is 1. The van der Waals surface area contributed by atoms with Gasteiger partial charge in [0.05, 0.1) is 17.6 Å². The lowest BCUT2D eigenvalue weighted by Gasteiger charge is -2.12. The number of halogens is 1. The number of sulfonamides is 1. The number of hydrogen-bond donors (Lipinski definition) is 2. The van der Waals surface area contributed by atoms with E-state index in [9.17, 15) is 17.6 Å². The van der Waals surface area contributed by atoms with Crippen LogP contribution in [0.15, 0.2) is 77.8 Å². The number of aromatic nitrogens is 1. The molecule has 31 heavy (non-hydrogen) atoms. The molecule has 1 amide bonds. The molecule has 0 unspecified atom stereocenters. The molecule has 0 radical (unpaired) electrons. The van der Waals surface area contributed by atoms with Crippen LogP contribution >= 0.6 is 0 Å². The number of methoxy groups -OCH3 is 1. The van der Waals surface area contributed by atoms with Crippen molar-refractivity contribution in [2.24, 2.45) is 0 Å². The molecule has 0 aliphatic carbocycles. The lowest BCUT2D eigenvalue weighted by molar-refractivity contribution is 0.0978. The largest absolute Gasteiger partial charge is 0.496 e. The van der Waals surface area contributed by atoms with Crippen molar-refractivity contribution >= 4 is 26.8 Å². The molecule has 3 aromatic carbocycles. The van der Waals surface area contributed by atoms with E-state index in [1.807, 2.05) is 41.3 Å². The van der Waals surface area contributed by atoms with Crippen molar-refractivity contribution in [3.05, 3.63) is 95.4 Å². The molecule has 0 atom stereocenters. The summed E-state index contributed by atoms with van der Waals surface area (Å²) in [5, 5.41) is 1.07. The number of rotatable bonds is 6. The maximum absolute atomic E-state index is 13.1. The molecule has 0 aliphatic heterocycles. The molecule has 0 saturated carbocycles. The highest BCUT2D eigenvalue weighted by atomic mass is 32.2. The third-order valence-electron chi connectivity index (χ3n) is 4.93. The summed E-state index contributed by atoms with van der Waals surface area (Å²) >= 11 is 0. The first-order valence-electron chi connectivity index (χ1n) is 9.42. The Morgan fingerprint density at radius 2 is 1.81 bits per heavy atom. The molecular weight excluding hydrogens is 419 g/mol. The fourth-order valence-corrected chi connectivity index (χ4v) is 4.36. The molecule has 4 aromatic rings. The van der Waals surface area contributed by atoms with Crippen molar-refractivity contribution in [3.63, 3.8) is 0 Å². The summed E-state index contributed by atoms with van der Waals surface area (Å²) in [6.45, 7) is 0. The monoisotopic (exact) mass is 438 g/mol. The Bertz CT molecular complexity index is 1360. The van der Waals surface area contributed by atoms with Gasteiger partial charge in [0, 0.05) is 17.1 Å². The highest BCUT2D eigenvalue weighted by Crippen LogP contribution is 2.25. The molecule has 0 saturated heterocycles. The Kier molecular flexibility index (Phi) is 5.48. The molecule has 158 valence electrons. The van der Waals surface area contributed by atoms with Gasteiger partial charge in [-0.3, -0.25) is 4.79 Å². The second kappa shape index (κ2) is 8.23. The van der Waals surface area contributed by atoms with Gasteiger partial charge in [-0.25, -0.2) is 17.5 Å². The minimum atomic E-state index is -4.17. The summed E-state index contributed by atoms with van der Waals surface area (Å²) in [6, 6.07) is 17.2. The van der Waals surface area contributed by atoms with Crippen molar-refractivity contribution in [2.45, 2.75) is 11.3 Å². The summed E-state index contributed by atoms with van der Waals surface area (Å²) in [7, 11) is -2.77. The Morgan fingerprint density at radius 3 is 2.55 bits per heavy atom. The molecule has 2 N–H and O–H groups in total. The van der Waals surface area contributed by atoms with E-state index in [0.717, 1.165) is 46.3 Å². The number of H-pyrrole nitrogens is 1. The summed E-state index contributed by atoms with van der Waals surface area (Å²) in [5.41, 5.74) is 2.96. The van der Waals surface area contributed by atoms with Crippen molar-refractivity contribution < 1.29 is 22.3 Å². The molecule has 0 aliphatic rings. The van der Waals surface area contributed by atoms with Gasteiger partial charge < -0.3 is 9.72 Å². The van der Waals surface area contributed by atoms with Crippen LogP contribution in [0.5, 0.6) is 5.75 Å². The Hall–Kier alpha value is -3.65. The molecular formula is C23H19FN2O4S. The predicted molar refractivity (Wildman–Crippen MR) is 115 cm³/mol. The Morgan fingerprint density at radius 1 is 1.06 bits per heavy atom. The van der Waals surface area contributed by atoms with Gasteiger partial charge in [-0.15, -0.1) is 0 Å². The van der Waals surface area contributed by atoms with Crippen LogP contribution in [0.1, 0.15) is 21.5 Å². The number of carbonyl (C=O) groups excluding carboxylic acids is 1. The average Bonchev–Trinajstić information content (AvgIpc) is 3.16. The van der Waals surface area contributed by atoms with Crippen molar-refractivity contribution in [2.75, 3.05) is 7.11 Å². The van der Waals surface area contributed by atoms with E-state index in [1.165, 1.54) is 7.11 Å². The van der Waals surface area contributed by atoms with Gasteiger partial charge in [0.15, 0.2) is 0 Å². The quantitative estimate of drug-likeness (QED) is 0.476. The van der Waals surface area contributed by atoms with E-state index < -0.39 is 21.7 Å². The standard InChI is InChI=1S/C23H19FN2O4S/c1-30-22-11-6-15(12-16-14-25-21-5-3-2-4-19(16)21)13-20(22)23(27)26-31(28,29)18-9-7-17(24)8-10-18/h2-11,13-14,25H,12H2,1H3,(H,26,27). The van der Waals surface area contributed by atoms with Crippen molar-refractivity contribution in [1.29, 1.82) is 0 Å². The van der Waals surface area contributed by atoms with Crippen LogP contribution in [0, 0.1) is 5.82 Å². The van der Waals surface area contributed by atoms with Gasteiger partial charge >= 0.3 is 0 Å². The van der Waals surface area contributed by atoms with Gasteiger partial charge in [-0.05, 0) is 60.0 Å². The van der Waals surface area contributed by atoms with E-state index in [2.05, 4.69) is 4.98 Å². The third kappa shape index (κ3) is 4.29.